The monoisotopic (exact) mass is 180 g/mol. The normalized spacial score (nSPS) is 9.62. The lowest BCUT2D eigenvalue weighted by Gasteiger charge is -2.14. The highest BCUT2D eigenvalue weighted by molar-refractivity contribution is 5.71. The quantitative estimate of drug-likeness (QED) is 0.710. The number of benzene rings is 1. The second kappa shape index (κ2) is 3.80. The molecule has 0 spiro atoms. The Kier molecular flexibility index (Phi) is 2.74. The Hall–Kier alpha value is -1.71. The summed E-state index contributed by atoms with van der Waals surface area (Å²) < 4.78 is 0. The van der Waals surface area contributed by atoms with Crippen molar-refractivity contribution in [3.05, 3.63) is 29.8 Å². The van der Waals surface area contributed by atoms with Crippen LogP contribution in [0.3, 0.4) is 0 Å². The molecule has 0 saturated carbocycles. The van der Waals surface area contributed by atoms with Gasteiger partial charge in [0.25, 0.3) is 0 Å². The summed E-state index contributed by atoms with van der Waals surface area (Å²) in [5.74, 6) is 0.176. The van der Waals surface area contributed by atoms with Gasteiger partial charge in [-0.15, -0.1) is 0 Å². The van der Waals surface area contributed by atoms with Crippen LogP contribution < -0.4 is 5.73 Å². The number of phenols is 1. The molecule has 3 N–H and O–H groups in total. The van der Waals surface area contributed by atoms with Crippen LogP contribution in [0.25, 0.3) is 0 Å². The van der Waals surface area contributed by atoms with Crippen LogP contribution in [0, 0.1) is 0 Å². The number of nitrogens with zero attached hydrogens (tertiary/aromatic N) is 1. The third-order valence-electron chi connectivity index (χ3n) is 1.78. The van der Waals surface area contributed by atoms with Gasteiger partial charge in [-0.2, -0.15) is 0 Å². The molecular formula is C9H12N2O2. The fourth-order valence-electron chi connectivity index (χ4n) is 0.978. The van der Waals surface area contributed by atoms with Crippen LogP contribution in [0.4, 0.5) is 4.79 Å². The number of phenolic OH excluding ortho intramolecular Hbond substituents is 1. The van der Waals surface area contributed by atoms with E-state index in [1.54, 1.807) is 31.3 Å². The Labute approximate surface area is 76.6 Å². The van der Waals surface area contributed by atoms with Gasteiger partial charge in [-0.3, -0.25) is 0 Å². The summed E-state index contributed by atoms with van der Waals surface area (Å²) in [6, 6.07) is 6.33. The smallest absolute Gasteiger partial charge is 0.314 e. The molecule has 1 aromatic rings. The first-order valence-electron chi connectivity index (χ1n) is 3.88. The number of rotatable bonds is 2. The summed E-state index contributed by atoms with van der Waals surface area (Å²) >= 11 is 0. The Morgan fingerprint density at radius 2 is 2.15 bits per heavy atom. The van der Waals surface area contributed by atoms with E-state index in [4.69, 9.17) is 5.73 Å². The van der Waals surface area contributed by atoms with Gasteiger partial charge in [-0.1, -0.05) is 18.2 Å². The molecule has 0 fully saturated rings. The van der Waals surface area contributed by atoms with Gasteiger partial charge in [-0.25, -0.2) is 4.79 Å². The molecule has 1 aromatic carbocycles. The molecule has 2 amide bonds. The summed E-state index contributed by atoms with van der Waals surface area (Å²) in [4.78, 5) is 12.0. The lowest BCUT2D eigenvalue weighted by Crippen LogP contribution is -2.31. The Morgan fingerprint density at radius 3 is 2.69 bits per heavy atom. The van der Waals surface area contributed by atoms with Gasteiger partial charge in [0.15, 0.2) is 0 Å². The second-order valence-electron chi connectivity index (χ2n) is 2.82. The molecule has 0 heterocycles. The highest BCUT2D eigenvalue weighted by Gasteiger charge is 2.06. The van der Waals surface area contributed by atoms with Crippen molar-refractivity contribution in [1.29, 1.82) is 0 Å². The summed E-state index contributed by atoms with van der Waals surface area (Å²) in [6.45, 7) is 0.321. The fourth-order valence-corrected chi connectivity index (χ4v) is 0.978. The van der Waals surface area contributed by atoms with Gasteiger partial charge in [0.05, 0.1) is 6.54 Å². The molecule has 0 aliphatic heterocycles. The lowest BCUT2D eigenvalue weighted by molar-refractivity contribution is 0.216. The van der Waals surface area contributed by atoms with Crippen LogP contribution in [0.1, 0.15) is 5.56 Å². The van der Waals surface area contributed by atoms with Crippen molar-refractivity contribution in [1.82, 2.24) is 4.90 Å². The summed E-state index contributed by atoms with van der Waals surface area (Å²) in [6.07, 6.45) is 0. The minimum atomic E-state index is -0.511. The van der Waals surface area contributed by atoms with E-state index >= 15 is 0 Å². The van der Waals surface area contributed by atoms with Crippen LogP contribution in [0.2, 0.25) is 0 Å². The first-order valence-corrected chi connectivity index (χ1v) is 3.88. The molecule has 0 atom stereocenters. The molecule has 0 aliphatic rings. The van der Waals surface area contributed by atoms with Gasteiger partial charge < -0.3 is 15.7 Å². The number of urea groups is 1. The van der Waals surface area contributed by atoms with Crippen LogP contribution >= 0.6 is 0 Å². The predicted molar refractivity (Wildman–Crippen MR) is 49.2 cm³/mol. The van der Waals surface area contributed by atoms with Crippen molar-refractivity contribution in [2.24, 2.45) is 5.73 Å². The van der Waals surface area contributed by atoms with Gasteiger partial charge in [0.1, 0.15) is 5.75 Å². The molecule has 4 nitrogen and oxygen atoms in total. The van der Waals surface area contributed by atoms with E-state index in [-0.39, 0.29) is 5.75 Å². The molecule has 0 saturated heterocycles. The standard InChI is InChI=1S/C9H12N2O2/c1-11(9(10)13)6-7-4-2-3-5-8(7)12/h2-5,12H,6H2,1H3,(H2,10,13). The van der Waals surface area contributed by atoms with Crippen molar-refractivity contribution in [3.8, 4) is 5.75 Å². The predicted octanol–water partition coefficient (Wildman–Crippen LogP) is 0.903. The number of para-hydroxylation sites is 1. The molecule has 13 heavy (non-hydrogen) atoms. The summed E-state index contributed by atoms with van der Waals surface area (Å²) in [5.41, 5.74) is 5.72. The number of hydrogen-bond acceptors (Lipinski definition) is 2. The van der Waals surface area contributed by atoms with Crippen molar-refractivity contribution in [2.45, 2.75) is 6.54 Å². The van der Waals surface area contributed by atoms with E-state index in [2.05, 4.69) is 0 Å². The van der Waals surface area contributed by atoms with E-state index in [0.29, 0.717) is 12.1 Å². The fraction of sp³-hybridized carbons (Fsp3) is 0.222. The van der Waals surface area contributed by atoms with Gasteiger partial charge in [0.2, 0.25) is 0 Å². The second-order valence-corrected chi connectivity index (χ2v) is 2.82. The van der Waals surface area contributed by atoms with Crippen LogP contribution in [0.15, 0.2) is 24.3 Å². The van der Waals surface area contributed by atoms with Crippen molar-refractivity contribution in [2.75, 3.05) is 7.05 Å². The average molecular weight is 180 g/mol. The zero-order valence-electron chi connectivity index (χ0n) is 7.40. The molecule has 70 valence electrons. The highest BCUT2D eigenvalue weighted by atomic mass is 16.3. The minimum absolute atomic E-state index is 0.176. The largest absolute Gasteiger partial charge is 0.508 e. The minimum Gasteiger partial charge on any atom is -0.508 e. The van der Waals surface area contributed by atoms with E-state index < -0.39 is 6.03 Å². The maximum absolute atomic E-state index is 10.7. The van der Waals surface area contributed by atoms with Crippen molar-refractivity contribution >= 4 is 6.03 Å². The first-order chi connectivity index (χ1) is 6.11. The number of amides is 2. The molecule has 1 rings (SSSR count). The number of primary amides is 1. The van der Waals surface area contributed by atoms with Crippen LogP contribution in [0.5, 0.6) is 5.75 Å². The van der Waals surface area contributed by atoms with Crippen LogP contribution in [-0.2, 0) is 6.54 Å². The van der Waals surface area contributed by atoms with Gasteiger partial charge in [-0.05, 0) is 6.07 Å². The first kappa shape index (κ1) is 9.38. The summed E-state index contributed by atoms with van der Waals surface area (Å²) in [7, 11) is 1.58. The highest BCUT2D eigenvalue weighted by Crippen LogP contribution is 2.16. The molecule has 0 aromatic heterocycles. The third-order valence-corrected chi connectivity index (χ3v) is 1.78. The Balaban J connectivity index is 2.74. The third kappa shape index (κ3) is 2.37. The number of carbonyl (C=O) groups excluding carboxylic acids is 1. The Morgan fingerprint density at radius 1 is 1.54 bits per heavy atom. The van der Waals surface area contributed by atoms with Gasteiger partial charge in [0, 0.05) is 12.6 Å². The van der Waals surface area contributed by atoms with Crippen LogP contribution in [-0.4, -0.2) is 23.1 Å². The number of hydrogen-bond donors (Lipinski definition) is 2. The maximum atomic E-state index is 10.7. The van der Waals surface area contributed by atoms with Crippen molar-refractivity contribution in [3.63, 3.8) is 0 Å². The molecular weight excluding hydrogens is 168 g/mol. The maximum Gasteiger partial charge on any atom is 0.314 e. The Bertz CT molecular complexity index is 312. The zero-order chi connectivity index (χ0) is 9.84. The SMILES string of the molecule is CN(Cc1ccccc1O)C(N)=O. The molecule has 0 aliphatic carbocycles. The number of nitrogens with two attached hydrogens (primary N) is 1. The number of carbonyl (C=O) groups is 1. The average Bonchev–Trinajstić information content (AvgIpc) is 2.08. The van der Waals surface area contributed by atoms with Crippen molar-refractivity contribution < 1.29 is 9.90 Å². The van der Waals surface area contributed by atoms with Gasteiger partial charge >= 0.3 is 6.03 Å². The van der Waals surface area contributed by atoms with E-state index in [9.17, 15) is 9.90 Å². The topological polar surface area (TPSA) is 66.6 Å². The molecule has 4 heteroatoms. The number of aromatic hydroxyl groups is 1. The van der Waals surface area contributed by atoms with E-state index in [1.807, 2.05) is 0 Å². The lowest BCUT2D eigenvalue weighted by atomic mass is 10.2. The molecule has 0 bridgehead atoms. The van der Waals surface area contributed by atoms with E-state index in [0.717, 1.165) is 0 Å². The van der Waals surface area contributed by atoms with E-state index in [1.165, 1.54) is 4.90 Å². The molecule has 0 unspecified atom stereocenters. The zero-order valence-corrected chi connectivity index (χ0v) is 7.40. The molecule has 0 radical (unpaired) electrons. The summed E-state index contributed by atoms with van der Waals surface area (Å²) in [5, 5.41) is 9.36.